The first-order valence-electron chi connectivity index (χ1n) is 10.1. The minimum atomic E-state index is 0.261. The topological polar surface area (TPSA) is 58.3 Å². The van der Waals surface area contributed by atoms with E-state index >= 15 is 0 Å². The van der Waals surface area contributed by atoms with Crippen LogP contribution in [0.3, 0.4) is 0 Å². The van der Waals surface area contributed by atoms with Gasteiger partial charge in [-0.2, -0.15) is 4.98 Å². The molecular formula is C22H23Cl2N5O. The number of benzene rings is 1. The number of pyridine rings is 1. The number of nitrogens with zero attached hydrogens (tertiary/aromatic N) is 5. The zero-order chi connectivity index (χ0) is 20.9. The molecule has 1 spiro atoms. The number of aryl methyl sites for hydroxylation is 2. The third kappa shape index (κ3) is 3.74. The molecule has 8 heteroatoms. The molecule has 3 aromatic rings. The Kier molecular flexibility index (Phi) is 4.86. The summed E-state index contributed by atoms with van der Waals surface area (Å²) >= 11 is 12.2. The summed E-state index contributed by atoms with van der Waals surface area (Å²) in [5, 5.41) is 5.26. The van der Waals surface area contributed by atoms with Crippen LogP contribution in [0.4, 0.5) is 11.7 Å². The Balaban J connectivity index is 1.30. The van der Waals surface area contributed by atoms with Crippen LogP contribution in [0.15, 0.2) is 34.9 Å². The van der Waals surface area contributed by atoms with Crippen LogP contribution in [0.25, 0.3) is 11.4 Å². The lowest BCUT2D eigenvalue weighted by Gasteiger charge is -2.55. The summed E-state index contributed by atoms with van der Waals surface area (Å²) in [6, 6.07) is 10.2. The van der Waals surface area contributed by atoms with E-state index in [2.05, 4.69) is 50.9 Å². The first-order valence-corrected chi connectivity index (χ1v) is 10.9. The molecule has 2 fully saturated rings. The van der Waals surface area contributed by atoms with Crippen LogP contribution in [0, 0.1) is 19.3 Å². The second kappa shape index (κ2) is 7.43. The monoisotopic (exact) mass is 443 g/mol. The maximum atomic E-state index is 6.11. The largest absolute Gasteiger partial charge is 0.370 e. The van der Waals surface area contributed by atoms with Gasteiger partial charge in [0.15, 0.2) is 0 Å². The fourth-order valence-corrected chi connectivity index (χ4v) is 5.24. The molecule has 2 aliphatic heterocycles. The standard InChI is InChI=1S/C22H23Cl2N5O/c1-14-6-19(7-15(2)25-14)29-12-22(13-29)4-3-5-28(11-22)21-26-20(27-30-21)16-8-17(23)10-18(24)9-16/h6-10H,3-5,11-13H2,1-2H3. The van der Waals surface area contributed by atoms with E-state index in [0.29, 0.717) is 21.9 Å². The quantitative estimate of drug-likeness (QED) is 0.556. The highest BCUT2D eigenvalue weighted by Gasteiger charge is 2.46. The van der Waals surface area contributed by atoms with Crippen molar-refractivity contribution in [3.05, 3.63) is 51.8 Å². The number of piperidine rings is 1. The van der Waals surface area contributed by atoms with Gasteiger partial charge in [0, 0.05) is 64.3 Å². The maximum absolute atomic E-state index is 6.11. The summed E-state index contributed by atoms with van der Waals surface area (Å²) in [6.45, 7) is 8.02. The van der Waals surface area contributed by atoms with Crippen molar-refractivity contribution in [1.29, 1.82) is 0 Å². The normalized spacial score (nSPS) is 18.0. The second-order valence-corrected chi connectivity index (χ2v) is 9.42. The molecule has 1 aromatic carbocycles. The van der Waals surface area contributed by atoms with E-state index < -0.39 is 0 Å². The minimum absolute atomic E-state index is 0.261. The Morgan fingerprint density at radius 2 is 1.57 bits per heavy atom. The van der Waals surface area contributed by atoms with Crippen molar-refractivity contribution in [3.63, 3.8) is 0 Å². The molecule has 2 aromatic heterocycles. The zero-order valence-electron chi connectivity index (χ0n) is 17.0. The van der Waals surface area contributed by atoms with Gasteiger partial charge < -0.3 is 14.3 Å². The average Bonchev–Trinajstić information content (AvgIpc) is 3.15. The van der Waals surface area contributed by atoms with E-state index in [1.54, 1.807) is 18.2 Å². The summed E-state index contributed by atoms with van der Waals surface area (Å²) < 4.78 is 5.60. The van der Waals surface area contributed by atoms with E-state index in [9.17, 15) is 0 Å². The lowest BCUT2D eigenvalue weighted by molar-refractivity contribution is 0.169. The number of anilines is 2. The summed E-state index contributed by atoms with van der Waals surface area (Å²) in [7, 11) is 0. The van der Waals surface area contributed by atoms with Crippen LogP contribution in [-0.4, -0.2) is 41.3 Å². The predicted molar refractivity (Wildman–Crippen MR) is 120 cm³/mol. The molecule has 5 rings (SSSR count). The third-order valence-electron chi connectivity index (χ3n) is 5.95. The van der Waals surface area contributed by atoms with Crippen LogP contribution in [0.1, 0.15) is 24.2 Å². The Morgan fingerprint density at radius 3 is 2.27 bits per heavy atom. The van der Waals surface area contributed by atoms with Gasteiger partial charge in [-0.05, 0) is 57.0 Å². The maximum Gasteiger partial charge on any atom is 0.324 e. The van der Waals surface area contributed by atoms with Gasteiger partial charge >= 0.3 is 6.01 Å². The lowest BCUT2D eigenvalue weighted by Crippen LogP contribution is -2.63. The highest BCUT2D eigenvalue weighted by molar-refractivity contribution is 6.35. The fourth-order valence-electron chi connectivity index (χ4n) is 4.71. The molecule has 0 aliphatic carbocycles. The molecule has 0 saturated carbocycles. The third-order valence-corrected chi connectivity index (χ3v) is 6.39. The zero-order valence-corrected chi connectivity index (χ0v) is 18.5. The Labute approximate surface area is 185 Å². The van der Waals surface area contributed by atoms with Crippen molar-refractivity contribution in [2.75, 3.05) is 36.0 Å². The SMILES string of the molecule is Cc1cc(N2CC3(CCCN(c4nc(-c5cc(Cl)cc(Cl)c5)no4)C3)C2)cc(C)n1. The molecule has 6 nitrogen and oxygen atoms in total. The minimum Gasteiger partial charge on any atom is -0.370 e. The molecule has 4 heterocycles. The Hall–Kier alpha value is -2.31. The fraction of sp³-hybridized carbons (Fsp3) is 0.409. The van der Waals surface area contributed by atoms with E-state index in [-0.39, 0.29) is 5.41 Å². The van der Waals surface area contributed by atoms with Gasteiger partial charge in [0.05, 0.1) is 0 Å². The van der Waals surface area contributed by atoms with Crippen LogP contribution < -0.4 is 9.80 Å². The lowest BCUT2D eigenvalue weighted by atomic mass is 9.73. The molecule has 0 N–H and O–H groups in total. The van der Waals surface area contributed by atoms with Crippen LogP contribution in [0.5, 0.6) is 0 Å². The van der Waals surface area contributed by atoms with Crippen molar-refractivity contribution >= 4 is 34.9 Å². The Bertz CT molecular complexity index is 1050. The van der Waals surface area contributed by atoms with Gasteiger partial charge in [-0.3, -0.25) is 4.98 Å². The predicted octanol–water partition coefficient (Wildman–Crippen LogP) is 5.16. The van der Waals surface area contributed by atoms with Crippen molar-refractivity contribution in [2.45, 2.75) is 26.7 Å². The van der Waals surface area contributed by atoms with Crippen molar-refractivity contribution in [2.24, 2.45) is 5.41 Å². The van der Waals surface area contributed by atoms with E-state index in [1.165, 1.54) is 12.1 Å². The molecule has 30 heavy (non-hydrogen) atoms. The first kappa shape index (κ1) is 19.6. The smallest absolute Gasteiger partial charge is 0.324 e. The first-order chi connectivity index (χ1) is 14.4. The highest BCUT2D eigenvalue weighted by atomic mass is 35.5. The summed E-state index contributed by atoms with van der Waals surface area (Å²) in [5.74, 6) is 0.506. The number of rotatable bonds is 3. The van der Waals surface area contributed by atoms with Gasteiger partial charge in [0.1, 0.15) is 0 Å². The second-order valence-electron chi connectivity index (χ2n) is 8.55. The molecule has 0 atom stereocenters. The van der Waals surface area contributed by atoms with E-state index in [0.717, 1.165) is 49.6 Å². The van der Waals surface area contributed by atoms with Gasteiger partial charge in [0.2, 0.25) is 5.82 Å². The summed E-state index contributed by atoms with van der Waals surface area (Å²) in [5.41, 5.74) is 4.41. The highest BCUT2D eigenvalue weighted by Crippen LogP contribution is 2.42. The van der Waals surface area contributed by atoms with E-state index in [4.69, 9.17) is 27.7 Å². The average molecular weight is 444 g/mol. The molecule has 2 aliphatic rings. The summed E-state index contributed by atoms with van der Waals surface area (Å²) in [6.07, 6.45) is 2.33. The molecule has 0 bridgehead atoms. The number of aromatic nitrogens is 3. The van der Waals surface area contributed by atoms with Gasteiger partial charge in [-0.25, -0.2) is 0 Å². The van der Waals surface area contributed by atoms with Crippen molar-refractivity contribution in [1.82, 2.24) is 15.1 Å². The van der Waals surface area contributed by atoms with Gasteiger partial charge in [0.25, 0.3) is 0 Å². The number of halogens is 2. The molecular weight excluding hydrogens is 421 g/mol. The molecule has 156 valence electrons. The number of hydrogen-bond donors (Lipinski definition) is 0. The van der Waals surface area contributed by atoms with Gasteiger partial charge in [-0.1, -0.05) is 28.4 Å². The molecule has 2 saturated heterocycles. The number of hydrogen-bond acceptors (Lipinski definition) is 6. The van der Waals surface area contributed by atoms with Crippen molar-refractivity contribution in [3.8, 4) is 11.4 Å². The molecule has 0 unspecified atom stereocenters. The van der Waals surface area contributed by atoms with Crippen LogP contribution in [-0.2, 0) is 0 Å². The molecule has 0 radical (unpaired) electrons. The van der Waals surface area contributed by atoms with Gasteiger partial charge in [-0.15, -0.1) is 0 Å². The summed E-state index contributed by atoms with van der Waals surface area (Å²) in [4.78, 5) is 13.8. The van der Waals surface area contributed by atoms with Crippen molar-refractivity contribution < 1.29 is 4.52 Å². The Morgan fingerprint density at radius 1 is 0.900 bits per heavy atom. The van der Waals surface area contributed by atoms with E-state index in [1.807, 2.05) is 0 Å². The van der Waals surface area contributed by atoms with Crippen LogP contribution >= 0.6 is 23.2 Å². The van der Waals surface area contributed by atoms with Crippen LogP contribution in [0.2, 0.25) is 10.0 Å². The molecule has 0 amide bonds.